The summed E-state index contributed by atoms with van der Waals surface area (Å²) in [5, 5.41) is 3.81. The SMILES string of the molecule is CC(C)OCCCNC(=O)[C@H]1CCCN(S(=O)(=O)c2ccc3c(ccn3C)c2)C1. The highest BCUT2D eigenvalue weighted by molar-refractivity contribution is 7.89. The lowest BCUT2D eigenvalue weighted by molar-refractivity contribution is -0.126. The van der Waals surface area contributed by atoms with Gasteiger partial charge in [0.25, 0.3) is 0 Å². The van der Waals surface area contributed by atoms with Crippen LogP contribution < -0.4 is 5.32 Å². The number of nitrogens with zero attached hydrogens (tertiary/aromatic N) is 2. The van der Waals surface area contributed by atoms with Crippen molar-refractivity contribution in [3.05, 3.63) is 30.5 Å². The molecule has 1 saturated heterocycles. The van der Waals surface area contributed by atoms with Gasteiger partial charge in [-0.05, 0) is 57.4 Å². The minimum absolute atomic E-state index is 0.0760. The first kappa shape index (κ1) is 21.8. The number of benzene rings is 1. The molecule has 3 rings (SSSR count). The Hall–Kier alpha value is -1.90. The Morgan fingerprint density at radius 3 is 2.86 bits per heavy atom. The van der Waals surface area contributed by atoms with Crippen LogP contribution in [-0.4, -0.2) is 55.5 Å². The van der Waals surface area contributed by atoms with Gasteiger partial charge in [0.2, 0.25) is 15.9 Å². The summed E-state index contributed by atoms with van der Waals surface area (Å²) in [6.07, 6.45) is 4.22. The zero-order valence-corrected chi connectivity index (χ0v) is 18.2. The van der Waals surface area contributed by atoms with E-state index >= 15 is 0 Å². The van der Waals surface area contributed by atoms with E-state index < -0.39 is 10.0 Å². The van der Waals surface area contributed by atoms with Crippen LogP contribution in [0.15, 0.2) is 35.4 Å². The summed E-state index contributed by atoms with van der Waals surface area (Å²) in [6.45, 7) is 5.77. The van der Waals surface area contributed by atoms with Gasteiger partial charge in [-0.2, -0.15) is 4.31 Å². The number of nitrogens with one attached hydrogen (secondary N) is 1. The number of sulfonamides is 1. The summed E-state index contributed by atoms with van der Waals surface area (Å²) >= 11 is 0. The molecule has 0 bridgehead atoms. The Kier molecular flexibility index (Phi) is 6.97. The number of amides is 1. The van der Waals surface area contributed by atoms with Crippen molar-refractivity contribution in [2.75, 3.05) is 26.2 Å². The highest BCUT2D eigenvalue weighted by Gasteiger charge is 2.33. The molecule has 0 unspecified atom stereocenters. The van der Waals surface area contributed by atoms with E-state index in [4.69, 9.17) is 4.74 Å². The molecular formula is C21H31N3O4S. The molecule has 1 amide bonds. The van der Waals surface area contributed by atoms with Gasteiger partial charge in [-0.1, -0.05) is 0 Å². The maximum absolute atomic E-state index is 13.1. The molecule has 0 spiro atoms. The van der Waals surface area contributed by atoms with Gasteiger partial charge < -0.3 is 14.6 Å². The van der Waals surface area contributed by atoms with Gasteiger partial charge >= 0.3 is 0 Å². The molecule has 1 atom stereocenters. The van der Waals surface area contributed by atoms with Crippen LogP contribution >= 0.6 is 0 Å². The lowest BCUT2D eigenvalue weighted by atomic mass is 9.99. The Morgan fingerprint density at radius 2 is 2.10 bits per heavy atom. The molecule has 1 fully saturated rings. The van der Waals surface area contributed by atoms with Crippen LogP contribution in [0.3, 0.4) is 0 Å². The summed E-state index contributed by atoms with van der Waals surface area (Å²) in [6, 6.07) is 7.10. The number of fused-ring (bicyclic) bond motifs is 1. The van der Waals surface area contributed by atoms with Crippen molar-refractivity contribution in [2.24, 2.45) is 13.0 Å². The Morgan fingerprint density at radius 1 is 1.31 bits per heavy atom. The van der Waals surface area contributed by atoms with E-state index in [9.17, 15) is 13.2 Å². The lowest BCUT2D eigenvalue weighted by Gasteiger charge is -2.31. The molecule has 8 heteroatoms. The number of ether oxygens (including phenoxy) is 1. The van der Waals surface area contributed by atoms with Crippen LogP contribution in [0, 0.1) is 5.92 Å². The number of hydrogen-bond acceptors (Lipinski definition) is 4. The highest BCUT2D eigenvalue weighted by Crippen LogP contribution is 2.26. The first-order valence-corrected chi connectivity index (χ1v) is 11.7. The molecule has 7 nitrogen and oxygen atoms in total. The summed E-state index contributed by atoms with van der Waals surface area (Å²) in [7, 11) is -1.70. The average molecular weight is 422 g/mol. The molecule has 1 aromatic carbocycles. The van der Waals surface area contributed by atoms with E-state index in [1.165, 1.54) is 4.31 Å². The summed E-state index contributed by atoms with van der Waals surface area (Å²) in [5.74, 6) is -0.391. The zero-order chi connectivity index (χ0) is 21.0. The average Bonchev–Trinajstić information content (AvgIpc) is 3.08. The zero-order valence-electron chi connectivity index (χ0n) is 17.4. The van der Waals surface area contributed by atoms with Crippen LogP contribution in [0.5, 0.6) is 0 Å². The first-order chi connectivity index (χ1) is 13.8. The van der Waals surface area contributed by atoms with Crippen molar-refractivity contribution in [3.63, 3.8) is 0 Å². The van der Waals surface area contributed by atoms with Crippen LogP contribution in [0.25, 0.3) is 10.9 Å². The van der Waals surface area contributed by atoms with Crippen LogP contribution in [0.4, 0.5) is 0 Å². The molecule has 160 valence electrons. The number of carbonyl (C=O) groups excluding carboxylic acids is 1. The number of piperidine rings is 1. The number of aromatic nitrogens is 1. The van der Waals surface area contributed by atoms with Gasteiger partial charge in [-0.15, -0.1) is 0 Å². The van der Waals surface area contributed by atoms with E-state index in [-0.39, 0.29) is 29.4 Å². The summed E-state index contributed by atoms with van der Waals surface area (Å²) < 4.78 is 35.2. The van der Waals surface area contributed by atoms with Crippen LogP contribution in [0.1, 0.15) is 33.1 Å². The second-order valence-corrected chi connectivity index (χ2v) is 9.85. The third kappa shape index (κ3) is 5.18. The maximum Gasteiger partial charge on any atom is 0.243 e. The standard InChI is InChI=1S/C21H31N3O4S/c1-16(2)28-13-5-10-22-21(25)18-6-4-11-24(15-18)29(26,27)19-7-8-20-17(14-19)9-12-23(20)3/h7-9,12,14,16,18H,4-6,10-11,13,15H2,1-3H3,(H,22,25)/t18-/m0/s1. The fourth-order valence-electron chi connectivity index (χ4n) is 3.69. The van der Waals surface area contributed by atoms with Gasteiger partial charge in [-0.3, -0.25) is 4.79 Å². The van der Waals surface area contributed by atoms with E-state index in [0.29, 0.717) is 32.5 Å². The molecule has 2 heterocycles. The minimum Gasteiger partial charge on any atom is -0.379 e. The molecule has 29 heavy (non-hydrogen) atoms. The van der Waals surface area contributed by atoms with Crippen molar-refractivity contribution < 1.29 is 17.9 Å². The van der Waals surface area contributed by atoms with Gasteiger partial charge in [0, 0.05) is 50.4 Å². The fraction of sp³-hybridized carbons (Fsp3) is 0.571. The monoisotopic (exact) mass is 421 g/mol. The summed E-state index contributed by atoms with van der Waals surface area (Å²) in [4.78, 5) is 12.8. The second-order valence-electron chi connectivity index (χ2n) is 7.91. The number of carbonyl (C=O) groups is 1. The first-order valence-electron chi connectivity index (χ1n) is 10.2. The van der Waals surface area contributed by atoms with Gasteiger partial charge in [0.15, 0.2) is 0 Å². The number of aryl methyl sites for hydroxylation is 1. The third-order valence-electron chi connectivity index (χ3n) is 5.32. The second kappa shape index (κ2) is 9.28. The van der Waals surface area contributed by atoms with Crippen molar-refractivity contribution >= 4 is 26.8 Å². The smallest absolute Gasteiger partial charge is 0.243 e. The Labute approximate surface area is 173 Å². The van der Waals surface area contributed by atoms with Crippen molar-refractivity contribution in [3.8, 4) is 0 Å². The topological polar surface area (TPSA) is 80.6 Å². The fourth-order valence-corrected chi connectivity index (χ4v) is 5.25. The lowest BCUT2D eigenvalue weighted by Crippen LogP contribution is -2.45. The van der Waals surface area contributed by atoms with E-state index in [1.54, 1.807) is 12.1 Å². The van der Waals surface area contributed by atoms with Crippen molar-refractivity contribution in [1.29, 1.82) is 0 Å². The van der Waals surface area contributed by atoms with Gasteiger partial charge in [0.1, 0.15) is 0 Å². The van der Waals surface area contributed by atoms with Crippen molar-refractivity contribution in [2.45, 2.75) is 44.1 Å². The molecule has 0 radical (unpaired) electrons. The predicted molar refractivity (Wildman–Crippen MR) is 113 cm³/mol. The molecule has 1 aliphatic rings. The maximum atomic E-state index is 13.1. The predicted octanol–water partition coefficient (Wildman–Crippen LogP) is 2.51. The molecule has 1 N–H and O–H groups in total. The van der Waals surface area contributed by atoms with Crippen LogP contribution in [-0.2, 0) is 26.6 Å². The molecule has 0 saturated carbocycles. The highest BCUT2D eigenvalue weighted by atomic mass is 32.2. The van der Waals surface area contributed by atoms with E-state index in [0.717, 1.165) is 17.3 Å². The summed E-state index contributed by atoms with van der Waals surface area (Å²) in [5.41, 5.74) is 0.987. The molecule has 2 aromatic rings. The molecular weight excluding hydrogens is 390 g/mol. The molecule has 0 aliphatic carbocycles. The van der Waals surface area contributed by atoms with Crippen LogP contribution in [0.2, 0.25) is 0 Å². The number of rotatable bonds is 8. The third-order valence-corrected chi connectivity index (χ3v) is 7.18. The molecule has 1 aromatic heterocycles. The Balaban J connectivity index is 1.61. The van der Waals surface area contributed by atoms with Gasteiger partial charge in [0.05, 0.1) is 16.9 Å². The minimum atomic E-state index is -3.63. The van der Waals surface area contributed by atoms with Crippen molar-refractivity contribution in [1.82, 2.24) is 14.2 Å². The molecule has 1 aliphatic heterocycles. The Bertz CT molecular complexity index is 952. The van der Waals surface area contributed by atoms with Gasteiger partial charge in [-0.25, -0.2) is 8.42 Å². The number of hydrogen-bond donors (Lipinski definition) is 1. The normalized spacial score (nSPS) is 18.4. The van der Waals surface area contributed by atoms with E-state index in [2.05, 4.69) is 5.32 Å². The van der Waals surface area contributed by atoms with E-state index in [1.807, 2.05) is 43.8 Å². The quantitative estimate of drug-likeness (QED) is 0.664. The largest absolute Gasteiger partial charge is 0.379 e.